The van der Waals surface area contributed by atoms with Crippen LogP contribution in [0.15, 0.2) is 17.0 Å². The van der Waals surface area contributed by atoms with E-state index in [4.69, 9.17) is 0 Å². The van der Waals surface area contributed by atoms with E-state index >= 15 is 0 Å². The average molecular weight is 103 g/mol. The van der Waals surface area contributed by atoms with Crippen molar-refractivity contribution in [2.75, 3.05) is 0 Å². The summed E-state index contributed by atoms with van der Waals surface area (Å²) in [5.41, 5.74) is 0. The normalized spacial score (nSPS) is 20.0. The summed E-state index contributed by atoms with van der Waals surface area (Å²) in [7, 11) is 0.796. The van der Waals surface area contributed by atoms with Crippen molar-refractivity contribution in [2.24, 2.45) is 4.91 Å². The van der Waals surface area contributed by atoms with Crippen LogP contribution in [-0.2, 0) is 9.88 Å². The minimum Gasteiger partial charge on any atom is -0.320 e. The molecule has 0 bridgehead atoms. The van der Waals surface area contributed by atoms with Gasteiger partial charge in [0.25, 0.3) is 0 Å². The maximum atomic E-state index is 4.22. The van der Waals surface area contributed by atoms with E-state index in [1.54, 1.807) is 5.82 Å². The van der Waals surface area contributed by atoms with Gasteiger partial charge in [-0.3, -0.25) is 0 Å². The summed E-state index contributed by atoms with van der Waals surface area (Å²) >= 11 is 0. The third-order valence-corrected chi connectivity index (χ3v) is 0.723. The van der Waals surface area contributed by atoms with Crippen LogP contribution in [0, 0.1) is 0 Å². The molecule has 0 N–H and O–H groups in total. The van der Waals surface area contributed by atoms with E-state index in [0.717, 1.165) is 8.37 Å². The van der Waals surface area contributed by atoms with Crippen LogP contribution in [-0.4, -0.2) is 0 Å². The Morgan fingerprint density at radius 1 is 1.67 bits per heavy atom. The Morgan fingerprint density at radius 3 is 2.83 bits per heavy atom. The van der Waals surface area contributed by atoms with Gasteiger partial charge in [-0.25, -0.2) is 0 Å². The molecule has 0 radical (unpaired) electrons. The Hall–Kier alpha value is -0.400. The van der Waals surface area contributed by atoms with Gasteiger partial charge in [-0.05, 0) is 4.99 Å². The fourth-order valence-electron chi connectivity index (χ4n) is 0.143. The van der Waals surface area contributed by atoms with Gasteiger partial charge in [0.2, 0.25) is 0 Å². The van der Waals surface area contributed by atoms with Crippen LogP contribution in [0.4, 0.5) is 0 Å². The third-order valence-electron chi connectivity index (χ3n) is 0.307. The molecule has 0 aliphatic carbocycles. The van der Waals surface area contributed by atoms with E-state index in [1.165, 1.54) is 6.26 Å². The van der Waals surface area contributed by atoms with Gasteiger partial charge in [0.05, 0.1) is 8.37 Å². The minimum absolute atomic E-state index is 0.796. The molecule has 0 aromatic heterocycles. The van der Waals surface area contributed by atoms with E-state index in [9.17, 15) is 0 Å². The van der Waals surface area contributed by atoms with Crippen LogP contribution in [0.5, 0.6) is 0 Å². The van der Waals surface area contributed by atoms with Gasteiger partial charge in [-0.2, -0.15) is 0 Å². The Morgan fingerprint density at radius 2 is 2.67 bits per heavy atom. The molecular weight excluding hydrogens is 101 g/mol. The highest BCUT2D eigenvalue weighted by Gasteiger charge is 1.78. The topological polar surface area (TPSA) is 30.8 Å². The molecule has 1 aliphatic rings. The summed E-state index contributed by atoms with van der Waals surface area (Å²) in [6.07, 6.45) is 1.44. The highest BCUT2D eigenvalue weighted by Crippen LogP contribution is 2.06. The lowest BCUT2D eigenvalue weighted by molar-refractivity contribution is -0.248. The van der Waals surface area contributed by atoms with Crippen molar-refractivity contribution in [1.29, 1.82) is 0 Å². The second-order valence-corrected chi connectivity index (χ2v) is 1.35. The Bertz CT molecular complexity index is 77.5. The van der Waals surface area contributed by atoms with Crippen LogP contribution < -0.4 is 0 Å². The van der Waals surface area contributed by atoms with Gasteiger partial charge in [-0.1, -0.05) is 4.91 Å². The van der Waals surface area contributed by atoms with Crippen LogP contribution in [0.2, 0.25) is 0 Å². The number of nitrogens with zero attached hydrogens (tertiary/aromatic N) is 1. The van der Waals surface area contributed by atoms with Crippen molar-refractivity contribution in [3.05, 3.63) is 12.1 Å². The molecule has 1 rings (SSSR count). The molecule has 0 unspecified atom stereocenters. The monoisotopic (exact) mass is 103 g/mol. The van der Waals surface area contributed by atoms with Gasteiger partial charge in [0, 0.05) is 5.82 Å². The zero-order valence-corrected chi connectivity index (χ0v) is 3.76. The molecule has 4 heteroatoms. The van der Waals surface area contributed by atoms with E-state index in [-0.39, 0.29) is 0 Å². The van der Waals surface area contributed by atoms with E-state index in [0.29, 0.717) is 0 Å². The zero-order chi connectivity index (χ0) is 4.24. The Kier molecular flexibility index (Phi) is 1.20. The Balaban J connectivity index is 2.46. The Labute approximate surface area is 36.3 Å². The molecule has 0 saturated heterocycles. The van der Waals surface area contributed by atoms with Crippen LogP contribution in [0.1, 0.15) is 0 Å². The van der Waals surface area contributed by atoms with Crippen molar-refractivity contribution in [3.63, 3.8) is 0 Å². The summed E-state index contributed by atoms with van der Waals surface area (Å²) < 4.78 is 0. The van der Waals surface area contributed by atoms with Crippen molar-refractivity contribution in [2.45, 2.75) is 0 Å². The second-order valence-electron chi connectivity index (χ2n) is 0.653. The van der Waals surface area contributed by atoms with Crippen molar-refractivity contribution in [3.8, 4) is 0 Å². The highest BCUT2D eigenvalue weighted by atomic mass is 31.1. The quantitative estimate of drug-likeness (QED) is 0.343. The first-order valence-corrected chi connectivity index (χ1v) is 2.29. The smallest absolute Gasteiger partial charge is 0.138 e. The maximum absolute atomic E-state index is 4.22. The number of hydrogen-bond acceptors (Lipinski definition) is 3. The predicted octanol–water partition coefficient (Wildman–Crippen LogP) is 1.46. The molecule has 6 heavy (non-hydrogen) atoms. The second kappa shape index (κ2) is 1.90. The van der Waals surface area contributed by atoms with Crippen molar-refractivity contribution < 1.29 is 9.88 Å². The number of hydrogen-bond donors (Lipinski definition) is 0. The molecule has 1 aliphatic heterocycles. The predicted molar refractivity (Wildman–Crippen MR) is 20.7 cm³/mol. The molecule has 0 saturated carbocycles. The van der Waals surface area contributed by atoms with Gasteiger partial charge >= 0.3 is 0 Å². The molecule has 0 aromatic rings. The highest BCUT2D eigenvalue weighted by molar-refractivity contribution is 7.30. The first-order chi connectivity index (χ1) is 3.00. The fourth-order valence-corrected chi connectivity index (χ4v) is 0.378. The van der Waals surface area contributed by atoms with Crippen LogP contribution in [0.3, 0.4) is 0 Å². The third kappa shape index (κ3) is 0.776. The molecule has 32 valence electrons. The summed E-state index contributed by atoms with van der Waals surface area (Å²) in [6.45, 7) is 0. The first-order valence-electron chi connectivity index (χ1n) is 1.38. The van der Waals surface area contributed by atoms with Gasteiger partial charge < -0.3 is 4.89 Å². The lowest BCUT2D eigenvalue weighted by Crippen LogP contribution is -1.74. The summed E-state index contributed by atoms with van der Waals surface area (Å²) in [4.78, 5) is 11.7. The fraction of sp³-hybridized carbons (Fsp3) is 0. The summed E-state index contributed by atoms with van der Waals surface area (Å²) in [5, 5.41) is 0. The summed E-state index contributed by atoms with van der Waals surface area (Å²) in [5.74, 6) is 1.73. The van der Waals surface area contributed by atoms with Crippen LogP contribution >= 0.6 is 8.37 Å². The first kappa shape index (κ1) is 3.78. The maximum Gasteiger partial charge on any atom is 0.138 e. The molecule has 0 spiro atoms. The van der Waals surface area contributed by atoms with E-state index < -0.39 is 0 Å². The molecular formula is C2H2NO2P. The lowest BCUT2D eigenvalue weighted by Gasteiger charge is -1.90. The average Bonchev–Trinajstić information content (AvgIpc) is 1.72. The standard InChI is InChI=1S/C2H2NO2P/c1-2-6-3-5-4-1/h1-2H. The lowest BCUT2D eigenvalue weighted by atomic mass is 11.2. The van der Waals surface area contributed by atoms with Gasteiger partial charge in [0.1, 0.15) is 6.26 Å². The largest absolute Gasteiger partial charge is 0.320 e. The molecule has 0 aromatic carbocycles. The van der Waals surface area contributed by atoms with Crippen molar-refractivity contribution in [1.82, 2.24) is 0 Å². The zero-order valence-electron chi connectivity index (χ0n) is 2.87. The molecule has 1 heterocycles. The minimum atomic E-state index is 0.796. The molecule has 0 atom stereocenters. The SMILES string of the molecule is C1=CP=NOO1. The van der Waals surface area contributed by atoms with E-state index in [2.05, 4.69) is 14.8 Å². The molecule has 0 amide bonds. The van der Waals surface area contributed by atoms with E-state index in [1.807, 2.05) is 0 Å². The molecule has 3 nitrogen and oxygen atoms in total. The molecule has 0 fully saturated rings. The van der Waals surface area contributed by atoms with Gasteiger partial charge in [0.15, 0.2) is 0 Å². The van der Waals surface area contributed by atoms with Gasteiger partial charge in [-0.15, -0.1) is 0 Å². The number of rotatable bonds is 0. The van der Waals surface area contributed by atoms with Crippen molar-refractivity contribution >= 4 is 8.37 Å². The van der Waals surface area contributed by atoms with Crippen LogP contribution in [0.25, 0.3) is 0 Å². The summed E-state index contributed by atoms with van der Waals surface area (Å²) in [6, 6.07) is 0.